The van der Waals surface area contributed by atoms with Crippen molar-refractivity contribution in [2.75, 3.05) is 0 Å². The second-order valence-electron chi connectivity index (χ2n) is 7.11. The molecular weight excluding hydrogens is 560 g/mol. The lowest BCUT2D eigenvalue weighted by Crippen LogP contribution is -2.30. The van der Waals surface area contributed by atoms with Crippen LogP contribution in [0.5, 0.6) is 5.75 Å². The molecule has 1 N–H and O–H groups in total. The van der Waals surface area contributed by atoms with Gasteiger partial charge >= 0.3 is 6.03 Å². The van der Waals surface area contributed by atoms with E-state index < -0.39 is 6.03 Å². The molecule has 0 unspecified atom stereocenters. The van der Waals surface area contributed by atoms with Crippen LogP contribution in [0.3, 0.4) is 0 Å². The van der Waals surface area contributed by atoms with Crippen molar-refractivity contribution in [3.63, 3.8) is 0 Å². The maximum Gasteiger partial charge on any atom is 0.329 e. The number of halogens is 3. The van der Waals surface area contributed by atoms with E-state index in [0.717, 1.165) is 25.6 Å². The minimum atomic E-state index is -0.439. The van der Waals surface area contributed by atoms with Crippen molar-refractivity contribution in [1.29, 1.82) is 0 Å². The van der Waals surface area contributed by atoms with Gasteiger partial charge in [0.05, 0.1) is 11.0 Å². The molecule has 0 bridgehead atoms. The summed E-state index contributed by atoms with van der Waals surface area (Å²) >= 11 is 12.8. The highest BCUT2D eigenvalue weighted by Gasteiger charge is 2.33. The summed E-state index contributed by atoms with van der Waals surface area (Å²) in [7, 11) is 0. The third-order valence-corrected chi connectivity index (χ3v) is 6.19. The topological polar surface area (TPSA) is 58.6 Å². The molecule has 0 aliphatic carbocycles. The van der Waals surface area contributed by atoms with Crippen molar-refractivity contribution in [1.82, 2.24) is 10.2 Å². The van der Waals surface area contributed by atoms with Gasteiger partial charge in [0.25, 0.3) is 5.91 Å². The maximum atomic E-state index is 12.7. The van der Waals surface area contributed by atoms with Gasteiger partial charge in [0.1, 0.15) is 18.1 Å². The summed E-state index contributed by atoms with van der Waals surface area (Å²) in [5.74, 6) is 0.304. The first-order valence-corrected chi connectivity index (χ1v) is 11.6. The molecular formula is C24H17Br2ClN2O3. The average molecular weight is 577 g/mol. The molecule has 3 aromatic rings. The van der Waals surface area contributed by atoms with E-state index in [1.54, 1.807) is 6.08 Å². The Balaban J connectivity index is 1.44. The first kappa shape index (κ1) is 22.6. The van der Waals surface area contributed by atoms with E-state index in [4.69, 9.17) is 16.3 Å². The number of rotatable bonds is 6. The van der Waals surface area contributed by atoms with Crippen LogP contribution in [0.4, 0.5) is 4.79 Å². The number of benzene rings is 3. The lowest BCUT2D eigenvalue weighted by atomic mass is 10.1. The summed E-state index contributed by atoms with van der Waals surface area (Å²) in [6.45, 7) is 0.603. The number of nitrogens with one attached hydrogen (secondary N) is 1. The molecule has 4 rings (SSSR count). The number of urea groups is 1. The molecule has 8 heteroatoms. The van der Waals surface area contributed by atoms with Gasteiger partial charge in [0.2, 0.25) is 0 Å². The summed E-state index contributed by atoms with van der Waals surface area (Å²) in [6.07, 6.45) is 1.65. The average Bonchev–Trinajstić information content (AvgIpc) is 3.03. The second-order valence-corrected chi connectivity index (χ2v) is 9.32. The molecule has 1 saturated heterocycles. The highest BCUT2D eigenvalue weighted by atomic mass is 79.9. The van der Waals surface area contributed by atoms with Crippen LogP contribution in [0.15, 0.2) is 81.4 Å². The van der Waals surface area contributed by atoms with Gasteiger partial charge in [0.15, 0.2) is 0 Å². The third kappa shape index (κ3) is 5.41. The van der Waals surface area contributed by atoms with Gasteiger partial charge in [-0.1, -0.05) is 57.9 Å². The number of ether oxygens (including phenoxy) is 1. The standard InChI is InChI=1S/C24H17Br2ClN2O3/c25-18-6-1-15(2-7-18)13-29-23(30)21(28-24(29)31)12-17-5-10-22(20(26)11-17)32-14-16-3-8-19(27)9-4-16/h1-12H,13-14H2,(H,28,31)/b21-12+. The molecule has 0 saturated carbocycles. The predicted octanol–water partition coefficient (Wildman–Crippen LogP) is 6.54. The van der Waals surface area contributed by atoms with Gasteiger partial charge < -0.3 is 10.1 Å². The SMILES string of the molecule is O=C1N/C(=C/c2ccc(OCc3ccc(Cl)cc3)c(Br)c2)C(=O)N1Cc1ccc(Br)cc1. The van der Waals surface area contributed by atoms with Crippen molar-refractivity contribution in [3.8, 4) is 5.75 Å². The number of carbonyl (C=O) groups excluding carboxylic acids is 2. The van der Waals surface area contributed by atoms with E-state index in [1.807, 2.05) is 66.7 Å². The van der Waals surface area contributed by atoms with Crippen LogP contribution in [0.1, 0.15) is 16.7 Å². The van der Waals surface area contributed by atoms with Crippen LogP contribution in [0, 0.1) is 0 Å². The molecule has 5 nitrogen and oxygen atoms in total. The van der Waals surface area contributed by atoms with Gasteiger partial charge in [-0.05, 0) is 75.1 Å². The fourth-order valence-corrected chi connectivity index (χ4v) is 4.02. The Labute approximate surface area is 207 Å². The number of imide groups is 1. The summed E-state index contributed by atoms with van der Waals surface area (Å²) < 4.78 is 7.53. The molecule has 1 fully saturated rings. The summed E-state index contributed by atoms with van der Waals surface area (Å²) in [5.41, 5.74) is 2.85. The number of nitrogens with zero attached hydrogens (tertiary/aromatic N) is 1. The molecule has 3 aromatic carbocycles. The Morgan fingerprint density at radius 2 is 1.62 bits per heavy atom. The largest absolute Gasteiger partial charge is 0.488 e. The molecule has 1 aliphatic heterocycles. The first-order chi connectivity index (χ1) is 15.4. The van der Waals surface area contributed by atoms with Gasteiger partial charge in [-0.25, -0.2) is 4.79 Å². The van der Waals surface area contributed by atoms with Crippen molar-refractivity contribution < 1.29 is 14.3 Å². The molecule has 1 aliphatic rings. The van der Waals surface area contributed by atoms with E-state index in [9.17, 15) is 9.59 Å². The quantitative estimate of drug-likeness (QED) is 0.268. The smallest absolute Gasteiger partial charge is 0.329 e. The van der Waals surface area contributed by atoms with Crippen molar-refractivity contribution in [3.05, 3.63) is 103 Å². The van der Waals surface area contributed by atoms with Crippen molar-refractivity contribution >= 4 is 61.5 Å². The molecule has 3 amide bonds. The zero-order valence-electron chi connectivity index (χ0n) is 16.6. The molecule has 0 aromatic heterocycles. The Bertz CT molecular complexity index is 1190. The fourth-order valence-electron chi connectivity index (χ4n) is 3.12. The van der Waals surface area contributed by atoms with Crippen LogP contribution >= 0.6 is 43.5 Å². The van der Waals surface area contributed by atoms with Crippen LogP contribution in [0.25, 0.3) is 6.08 Å². The zero-order valence-corrected chi connectivity index (χ0v) is 20.6. The Morgan fingerprint density at radius 1 is 0.938 bits per heavy atom. The van der Waals surface area contributed by atoms with E-state index >= 15 is 0 Å². The van der Waals surface area contributed by atoms with Crippen molar-refractivity contribution in [2.24, 2.45) is 0 Å². The van der Waals surface area contributed by atoms with Gasteiger partial charge in [-0.2, -0.15) is 0 Å². The molecule has 1 heterocycles. The zero-order chi connectivity index (χ0) is 22.7. The predicted molar refractivity (Wildman–Crippen MR) is 131 cm³/mol. The van der Waals surface area contributed by atoms with Crippen LogP contribution in [-0.4, -0.2) is 16.8 Å². The monoisotopic (exact) mass is 574 g/mol. The molecule has 0 radical (unpaired) electrons. The maximum absolute atomic E-state index is 12.7. The van der Waals surface area contributed by atoms with E-state index in [1.165, 1.54) is 4.90 Å². The lowest BCUT2D eigenvalue weighted by Gasteiger charge is -2.11. The second kappa shape index (κ2) is 9.90. The summed E-state index contributed by atoms with van der Waals surface area (Å²) in [4.78, 5) is 26.3. The molecule has 0 spiro atoms. The number of carbonyl (C=O) groups is 2. The van der Waals surface area contributed by atoms with E-state index in [-0.39, 0.29) is 18.1 Å². The number of amides is 3. The fraction of sp³-hybridized carbons (Fsp3) is 0.0833. The van der Waals surface area contributed by atoms with Crippen LogP contribution in [-0.2, 0) is 17.9 Å². The normalized spacial score (nSPS) is 14.7. The van der Waals surface area contributed by atoms with Gasteiger partial charge in [0, 0.05) is 9.50 Å². The highest BCUT2D eigenvalue weighted by molar-refractivity contribution is 9.10. The van der Waals surface area contributed by atoms with Crippen LogP contribution in [0.2, 0.25) is 5.02 Å². The lowest BCUT2D eigenvalue weighted by molar-refractivity contribution is -0.123. The van der Waals surface area contributed by atoms with Gasteiger partial charge in [-0.3, -0.25) is 9.69 Å². The Kier molecular flexibility index (Phi) is 6.98. The molecule has 0 atom stereocenters. The minimum Gasteiger partial charge on any atom is -0.488 e. The summed E-state index contributed by atoms with van der Waals surface area (Å²) in [5, 5.41) is 3.33. The molecule has 32 heavy (non-hydrogen) atoms. The number of hydrogen-bond acceptors (Lipinski definition) is 3. The summed E-state index contributed by atoms with van der Waals surface area (Å²) in [6, 6.07) is 20.0. The number of hydrogen-bond donors (Lipinski definition) is 1. The third-order valence-electron chi connectivity index (χ3n) is 4.79. The minimum absolute atomic E-state index is 0.205. The van der Waals surface area contributed by atoms with Gasteiger partial charge in [-0.15, -0.1) is 0 Å². The Hall–Kier alpha value is -2.61. The molecule has 162 valence electrons. The highest BCUT2D eigenvalue weighted by Crippen LogP contribution is 2.28. The Morgan fingerprint density at radius 3 is 2.31 bits per heavy atom. The van der Waals surface area contributed by atoms with Crippen molar-refractivity contribution in [2.45, 2.75) is 13.2 Å². The van der Waals surface area contributed by atoms with Crippen LogP contribution < -0.4 is 10.1 Å². The van der Waals surface area contributed by atoms with E-state index in [2.05, 4.69) is 37.2 Å². The first-order valence-electron chi connectivity index (χ1n) is 9.65. The van der Waals surface area contributed by atoms with E-state index in [0.29, 0.717) is 17.4 Å².